The Morgan fingerprint density at radius 1 is 1.14 bits per heavy atom. The Morgan fingerprint density at radius 2 is 1.81 bits per heavy atom. The number of nitrogen functional groups attached to an aromatic ring is 1. The van der Waals surface area contributed by atoms with E-state index in [-0.39, 0.29) is 0 Å². The van der Waals surface area contributed by atoms with Gasteiger partial charge in [0, 0.05) is 18.8 Å². The Balaban J connectivity index is 2.80. The van der Waals surface area contributed by atoms with Gasteiger partial charge in [0.2, 0.25) is 0 Å². The first-order valence-corrected chi connectivity index (χ1v) is 7.63. The predicted molar refractivity (Wildman–Crippen MR) is 88.1 cm³/mol. The third kappa shape index (κ3) is 4.93. The topological polar surface area (TPSA) is 69.8 Å². The van der Waals surface area contributed by atoms with Gasteiger partial charge in [0.15, 0.2) is 0 Å². The van der Waals surface area contributed by atoms with Crippen LogP contribution in [-0.2, 0) is 0 Å². The van der Waals surface area contributed by atoms with Gasteiger partial charge in [0.25, 0.3) is 0 Å². The molecule has 0 aliphatic carbocycles. The quantitative estimate of drug-likeness (QED) is 0.685. The summed E-state index contributed by atoms with van der Waals surface area (Å²) in [5.74, 6) is -0.910. The molecule has 0 radical (unpaired) electrons. The molecule has 0 unspecified atom stereocenters. The number of aromatic carboxylic acids is 1. The fourth-order valence-corrected chi connectivity index (χ4v) is 2.47. The van der Waals surface area contributed by atoms with Crippen molar-refractivity contribution in [2.75, 3.05) is 43.4 Å². The van der Waals surface area contributed by atoms with Crippen LogP contribution in [0.15, 0.2) is 18.2 Å². The molecule has 21 heavy (non-hydrogen) atoms. The van der Waals surface area contributed by atoms with E-state index in [0.717, 1.165) is 39.1 Å². The lowest BCUT2D eigenvalue weighted by molar-refractivity contribution is 0.0697. The zero-order valence-corrected chi connectivity index (χ0v) is 13.3. The van der Waals surface area contributed by atoms with Gasteiger partial charge in [0.1, 0.15) is 0 Å². The SMILES string of the molecule is CCN(CC)CCCN(CC)c1cc(N)ccc1C(=O)O. The predicted octanol–water partition coefficient (Wildman–Crippen LogP) is 2.53. The van der Waals surface area contributed by atoms with Crippen molar-refractivity contribution in [2.24, 2.45) is 0 Å². The molecule has 0 heterocycles. The Morgan fingerprint density at radius 3 is 2.33 bits per heavy atom. The molecule has 5 heteroatoms. The number of nitrogens with two attached hydrogens (primary N) is 1. The summed E-state index contributed by atoms with van der Waals surface area (Å²) in [4.78, 5) is 15.8. The van der Waals surface area contributed by atoms with Gasteiger partial charge < -0.3 is 20.6 Å². The van der Waals surface area contributed by atoms with Crippen molar-refractivity contribution in [3.05, 3.63) is 23.8 Å². The zero-order valence-electron chi connectivity index (χ0n) is 13.3. The maximum atomic E-state index is 11.4. The summed E-state index contributed by atoms with van der Waals surface area (Å²) in [7, 11) is 0. The number of hydrogen-bond acceptors (Lipinski definition) is 4. The van der Waals surface area contributed by atoms with Crippen LogP contribution in [0.4, 0.5) is 11.4 Å². The summed E-state index contributed by atoms with van der Waals surface area (Å²) in [6.45, 7) is 11.0. The third-order valence-corrected chi connectivity index (χ3v) is 3.77. The summed E-state index contributed by atoms with van der Waals surface area (Å²) >= 11 is 0. The van der Waals surface area contributed by atoms with Crippen LogP contribution in [0.3, 0.4) is 0 Å². The summed E-state index contributed by atoms with van der Waals surface area (Å²) in [6, 6.07) is 4.97. The highest BCUT2D eigenvalue weighted by atomic mass is 16.4. The van der Waals surface area contributed by atoms with Gasteiger partial charge in [-0.05, 0) is 51.2 Å². The molecule has 0 amide bonds. The van der Waals surface area contributed by atoms with Gasteiger partial charge in [-0.25, -0.2) is 4.79 Å². The van der Waals surface area contributed by atoms with Crippen molar-refractivity contribution in [2.45, 2.75) is 27.2 Å². The minimum absolute atomic E-state index is 0.314. The smallest absolute Gasteiger partial charge is 0.337 e. The second-order valence-corrected chi connectivity index (χ2v) is 5.04. The minimum Gasteiger partial charge on any atom is -0.478 e. The number of benzene rings is 1. The van der Waals surface area contributed by atoms with Crippen LogP contribution in [-0.4, -0.2) is 48.7 Å². The Kier molecular flexibility index (Phi) is 7.02. The number of carboxylic acids is 1. The molecule has 3 N–H and O–H groups in total. The van der Waals surface area contributed by atoms with Crippen molar-refractivity contribution >= 4 is 17.3 Å². The molecule has 0 fully saturated rings. The van der Waals surface area contributed by atoms with Crippen LogP contribution in [0.5, 0.6) is 0 Å². The largest absolute Gasteiger partial charge is 0.478 e. The molecule has 0 aromatic heterocycles. The fraction of sp³-hybridized carbons (Fsp3) is 0.562. The van der Waals surface area contributed by atoms with Crippen molar-refractivity contribution in [3.8, 4) is 0 Å². The van der Waals surface area contributed by atoms with E-state index in [1.807, 2.05) is 6.92 Å². The number of anilines is 2. The molecule has 0 aliphatic rings. The molecular weight excluding hydrogens is 266 g/mol. The number of carbonyl (C=O) groups is 1. The molecule has 118 valence electrons. The lowest BCUT2D eigenvalue weighted by Gasteiger charge is -2.26. The van der Waals surface area contributed by atoms with Crippen molar-refractivity contribution in [3.63, 3.8) is 0 Å². The van der Waals surface area contributed by atoms with Crippen LogP contribution in [0.25, 0.3) is 0 Å². The van der Waals surface area contributed by atoms with E-state index in [1.165, 1.54) is 0 Å². The minimum atomic E-state index is -0.910. The zero-order chi connectivity index (χ0) is 15.8. The number of nitrogens with zero attached hydrogens (tertiary/aromatic N) is 2. The summed E-state index contributed by atoms with van der Waals surface area (Å²) in [5.41, 5.74) is 7.43. The highest BCUT2D eigenvalue weighted by Crippen LogP contribution is 2.24. The molecule has 0 saturated heterocycles. The van der Waals surface area contributed by atoms with E-state index in [9.17, 15) is 9.90 Å². The van der Waals surface area contributed by atoms with E-state index in [0.29, 0.717) is 16.9 Å². The summed E-state index contributed by atoms with van der Waals surface area (Å²) < 4.78 is 0. The van der Waals surface area contributed by atoms with Gasteiger partial charge in [0.05, 0.1) is 11.3 Å². The van der Waals surface area contributed by atoms with E-state index in [2.05, 4.69) is 23.6 Å². The maximum absolute atomic E-state index is 11.4. The first kappa shape index (κ1) is 17.3. The summed E-state index contributed by atoms with van der Waals surface area (Å²) in [5, 5.41) is 9.32. The van der Waals surface area contributed by atoms with Gasteiger partial charge in [-0.3, -0.25) is 0 Å². The first-order valence-electron chi connectivity index (χ1n) is 7.63. The molecule has 5 nitrogen and oxygen atoms in total. The number of rotatable bonds is 9. The van der Waals surface area contributed by atoms with Crippen molar-refractivity contribution in [1.29, 1.82) is 0 Å². The Bertz CT molecular complexity index is 459. The van der Waals surface area contributed by atoms with Crippen LogP contribution in [0.2, 0.25) is 0 Å². The molecular formula is C16H27N3O2. The second-order valence-electron chi connectivity index (χ2n) is 5.04. The standard InChI is InChI=1S/C16H27N3O2/c1-4-18(5-2)10-7-11-19(6-3)15-12-13(17)8-9-14(15)16(20)21/h8-9,12H,4-7,10-11,17H2,1-3H3,(H,20,21). The Hall–Kier alpha value is -1.75. The van der Waals surface area contributed by atoms with E-state index < -0.39 is 5.97 Å². The molecule has 0 saturated carbocycles. The lowest BCUT2D eigenvalue weighted by Crippen LogP contribution is -2.30. The van der Waals surface area contributed by atoms with Crippen LogP contribution >= 0.6 is 0 Å². The monoisotopic (exact) mass is 293 g/mol. The summed E-state index contributed by atoms with van der Waals surface area (Å²) in [6.07, 6.45) is 1.00. The number of hydrogen-bond donors (Lipinski definition) is 2. The van der Waals surface area contributed by atoms with Gasteiger partial charge >= 0.3 is 5.97 Å². The fourth-order valence-electron chi connectivity index (χ4n) is 2.47. The lowest BCUT2D eigenvalue weighted by atomic mass is 10.1. The molecule has 0 atom stereocenters. The maximum Gasteiger partial charge on any atom is 0.337 e. The average molecular weight is 293 g/mol. The van der Waals surface area contributed by atoms with Crippen LogP contribution in [0.1, 0.15) is 37.6 Å². The second kappa shape index (κ2) is 8.52. The Labute approximate surface area is 127 Å². The average Bonchev–Trinajstić information content (AvgIpc) is 2.47. The molecule has 1 aromatic rings. The van der Waals surface area contributed by atoms with Crippen LogP contribution < -0.4 is 10.6 Å². The highest BCUT2D eigenvalue weighted by molar-refractivity contribution is 5.95. The van der Waals surface area contributed by atoms with Crippen LogP contribution in [0, 0.1) is 0 Å². The number of carboxylic acid groups (broad SMARTS) is 1. The van der Waals surface area contributed by atoms with Gasteiger partial charge in [-0.2, -0.15) is 0 Å². The van der Waals surface area contributed by atoms with Crippen molar-refractivity contribution in [1.82, 2.24) is 4.90 Å². The molecule has 0 bridgehead atoms. The van der Waals surface area contributed by atoms with Gasteiger partial charge in [-0.15, -0.1) is 0 Å². The van der Waals surface area contributed by atoms with Crippen molar-refractivity contribution < 1.29 is 9.90 Å². The van der Waals surface area contributed by atoms with E-state index in [1.54, 1.807) is 18.2 Å². The van der Waals surface area contributed by atoms with Gasteiger partial charge in [-0.1, -0.05) is 13.8 Å². The molecule has 0 aliphatic heterocycles. The van der Waals surface area contributed by atoms with E-state index in [4.69, 9.17) is 5.73 Å². The first-order chi connectivity index (χ1) is 10.0. The normalized spacial score (nSPS) is 10.9. The molecule has 1 rings (SSSR count). The van der Waals surface area contributed by atoms with E-state index >= 15 is 0 Å². The molecule has 0 spiro atoms. The molecule has 1 aromatic carbocycles. The highest BCUT2D eigenvalue weighted by Gasteiger charge is 2.15. The third-order valence-electron chi connectivity index (χ3n) is 3.77.